The number of carboxylic acid groups (broad SMARTS) is 1. The Morgan fingerprint density at radius 1 is 1.32 bits per heavy atom. The van der Waals surface area contributed by atoms with E-state index in [2.05, 4.69) is 4.98 Å². The molecule has 0 atom stereocenters. The molecule has 0 saturated heterocycles. The number of carbonyl (C=O) groups is 1. The highest BCUT2D eigenvalue weighted by Crippen LogP contribution is 2.16. The van der Waals surface area contributed by atoms with Gasteiger partial charge in [-0.3, -0.25) is 4.98 Å². The molecule has 0 unspecified atom stereocenters. The molecule has 0 amide bonds. The minimum atomic E-state index is -0.971. The lowest BCUT2D eigenvalue weighted by Crippen LogP contribution is -1.95. The Kier molecular flexibility index (Phi) is 4.29. The number of hydrogen-bond donors (Lipinski definition) is 1. The second kappa shape index (κ2) is 6.35. The van der Waals surface area contributed by atoms with Gasteiger partial charge in [0.2, 0.25) is 0 Å². The Morgan fingerprint density at radius 3 is 2.95 bits per heavy atom. The molecule has 1 aromatic heterocycles. The van der Waals surface area contributed by atoms with Crippen LogP contribution in [0.5, 0.6) is 5.75 Å². The van der Waals surface area contributed by atoms with E-state index >= 15 is 0 Å². The molecule has 1 aromatic carbocycles. The smallest absolute Gasteiger partial charge is 0.328 e. The molecule has 0 spiro atoms. The van der Waals surface area contributed by atoms with Gasteiger partial charge < -0.3 is 9.84 Å². The number of nitrogens with zero attached hydrogens (tertiary/aromatic N) is 1. The van der Waals surface area contributed by atoms with Crippen molar-refractivity contribution in [3.8, 4) is 5.75 Å². The van der Waals surface area contributed by atoms with Crippen molar-refractivity contribution in [2.45, 2.75) is 6.61 Å². The molecule has 0 fully saturated rings. The van der Waals surface area contributed by atoms with Crippen LogP contribution in [0.25, 0.3) is 6.08 Å². The number of hydrogen-bond acceptors (Lipinski definition) is 3. The molecule has 0 bridgehead atoms. The van der Waals surface area contributed by atoms with Gasteiger partial charge in [-0.15, -0.1) is 0 Å². The van der Waals surface area contributed by atoms with Crippen LogP contribution in [0.1, 0.15) is 11.1 Å². The summed E-state index contributed by atoms with van der Waals surface area (Å²) in [5, 5.41) is 8.57. The fourth-order valence-electron chi connectivity index (χ4n) is 1.53. The average Bonchev–Trinajstić information content (AvgIpc) is 2.44. The zero-order valence-corrected chi connectivity index (χ0v) is 10.2. The molecule has 0 aliphatic heterocycles. The quantitative estimate of drug-likeness (QED) is 0.834. The number of ether oxygens (including phenoxy) is 1. The van der Waals surface area contributed by atoms with Crippen LogP contribution in [0.4, 0.5) is 0 Å². The first-order valence-electron chi connectivity index (χ1n) is 5.77. The van der Waals surface area contributed by atoms with Gasteiger partial charge >= 0.3 is 5.97 Å². The van der Waals surface area contributed by atoms with Crippen LogP contribution >= 0.6 is 0 Å². The largest absolute Gasteiger partial charge is 0.489 e. The topological polar surface area (TPSA) is 59.4 Å². The number of aromatic nitrogens is 1. The van der Waals surface area contributed by atoms with Gasteiger partial charge in [0.1, 0.15) is 12.4 Å². The summed E-state index contributed by atoms with van der Waals surface area (Å²) in [5.41, 5.74) is 1.76. The summed E-state index contributed by atoms with van der Waals surface area (Å²) in [6, 6.07) is 11.0. The number of rotatable bonds is 5. The van der Waals surface area contributed by atoms with Crippen LogP contribution in [0, 0.1) is 0 Å². The number of benzene rings is 1. The summed E-state index contributed by atoms with van der Waals surface area (Å²) in [7, 11) is 0. The predicted octanol–water partition coefficient (Wildman–Crippen LogP) is 2.76. The van der Waals surface area contributed by atoms with Crippen molar-refractivity contribution >= 4 is 12.0 Å². The van der Waals surface area contributed by atoms with Gasteiger partial charge in [0.05, 0.1) is 0 Å². The van der Waals surface area contributed by atoms with Crippen molar-refractivity contribution in [1.82, 2.24) is 4.98 Å². The summed E-state index contributed by atoms with van der Waals surface area (Å²) in [6.07, 6.45) is 6.08. The summed E-state index contributed by atoms with van der Waals surface area (Å²) in [6.45, 7) is 0.430. The molecule has 0 aliphatic rings. The van der Waals surface area contributed by atoms with Crippen LogP contribution in [0.2, 0.25) is 0 Å². The number of carboxylic acids is 1. The molecule has 4 nitrogen and oxygen atoms in total. The Hall–Kier alpha value is -2.62. The van der Waals surface area contributed by atoms with Crippen LogP contribution < -0.4 is 4.74 Å². The lowest BCUT2D eigenvalue weighted by Gasteiger charge is -2.06. The van der Waals surface area contributed by atoms with Gasteiger partial charge in [-0.1, -0.05) is 18.2 Å². The third-order valence-electron chi connectivity index (χ3n) is 2.40. The maximum Gasteiger partial charge on any atom is 0.328 e. The highest BCUT2D eigenvalue weighted by atomic mass is 16.5. The number of aliphatic carboxylic acids is 1. The zero-order valence-electron chi connectivity index (χ0n) is 10.2. The predicted molar refractivity (Wildman–Crippen MR) is 71.7 cm³/mol. The summed E-state index contributed by atoms with van der Waals surface area (Å²) >= 11 is 0. The van der Waals surface area contributed by atoms with Gasteiger partial charge in [-0.05, 0) is 29.8 Å². The molecule has 4 heteroatoms. The van der Waals surface area contributed by atoms with Crippen molar-refractivity contribution in [3.05, 3.63) is 66.0 Å². The molecule has 2 rings (SSSR count). The molecule has 0 aliphatic carbocycles. The second-order valence-electron chi connectivity index (χ2n) is 3.89. The minimum absolute atomic E-state index is 0.430. The zero-order chi connectivity index (χ0) is 13.5. The third kappa shape index (κ3) is 4.27. The molecule has 0 radical (unpaired) electrons. The van der Waals surface area contributed by atoms with Crippen molar-refractivity contribution in [3.63, 3.8) is 0 Å². The van der Waals surface area contributed by atoms with Crippen LogP contribution in [0.3, 0.4) is 0 Å². The maximum atomic E-state index is 10.4. The van der Waals surface area contributed by atoms with Gasteiger partial charge in [0.25, 0.3) is 0 Å². The Bertz CT molecular complexity index is 579. The molecular formula is C15H13NO3. The fourth-order valence-corrected chi connectivity index (χ4v) is 1.53. The Labute approximate surface area is 111 Å². The van der Waals surface area contributed by atoms with E-state index in [0.717, 1.165) is 17.2 Å². The van der Waals surface area contributed by atoms with Crippen molar-refractivity contribution in [2.75, 3.05) is 0 Å². The second-order valence-corrected chi connectivity index (χ2v) is 3.89. The van der Waals surface area contributed by atoms with Crippen molar-refractivity contribution in [1.29, 1.82) is 0 Å². The van der Waals surface area contributed by atoms with E-state index < -0.39 is 5.97 Å². The Morgan fingerprint density at radius 2 is 2.21 bits per heavy atom. The number of pyridine rings is 1. The lowest BCUT2D eigenvalue weighted by atomic mass is 10.2. The standard InChI is InChI=1S/C15H13NO3/c17-15(18)7-6-12-3-1-5-14(9-12)19-11-13-4-2-8-16-10-13/h1-10H,11H2,(H,17,18). The summed E-state index contributed by atoms with van der Waals surface area (Å²) in [4.78, 5) is 14.5. The summed E-state index contributed by atoms with van der Waals surface area (Å²) in [5.74, 6) is -0.280. The fraction of sp³-hybridized carbons (Fsp3) is 0.0667. The van der Waals surface area contributed by atoms with Gasteiger partial charge in [0.15, 0.2) is 0 Å². The van der Waals surface area contributed by atoms with E-state index in [1.54, 1.807) is 18.5 Å². The van der Waals surface area contributed by atoms with Crippen LogP contribution in [0.15, 0.2) is 54.9 Å². The highest BCUT2D eigenvalue weighted by Gasteiger charge is 1.97. The van der Waals surface area contributed by atoms with Gasteiger partial charge in [-0.2, -0.15) is 0 Å². The average molecular weight is 255 g/mol. The molecule has 1 N–H and O–H groups in total. The Balaban J connectivity index is 2.01. The van der Waals surface area contributed by atoms with Crippen molar-refractivity contribution < 1.29 is 14.6 Å². The minimum Gasteiger partial charge on any atom is -0.489 e. The first kappa shape index (κ1) is 12.8. The van der Waals surface area contributed by atoms with E-state index in [1.807, 2.05) is 30.3 Å². The lowest BCUT2D eigenvalue weighted by molar-refractivity contribution is -0.131. The molecular weight excluding hydrogens is 242 g/mol. The third-order valence-corrected chi connectivity index (χ3v) is 2.40. The SMILES string of the molecule is O=C(O)C=Cc1cccc(OCc2cccnc2)c1. The monoisotopic (exact) mass is 255 g/mol. The van der Waals surface area contributed by atoms with Gasteiger partial charge in [-0.25, -0.2) is 4.79 Å². The van der Waals surface area contributed by atoms with Gasteiger partial charge in [0, 0.05) is 24.0 Å². The molecule has 96 valence electrons. The maximum absolute atomic E-state index is 10.4. The molecule has 19 heavy (non-hydrogen) atoms. The van der Waals surface area contributed by atoms with E-state index in [0.29, 0.717) is 12.4 Å². The van der Waals surface area contributed by atoms with Crippen LogP contribution in [-0.2, 0) is 11.4 Å². The van der Waals surface area contributed by atoms with E-state index in [9.17, 15) is 4.79 Å². The first-order valence-corrected chi connectivity index (χ1v) is 5.77. The molecule has 2 aromatic rings. The summed E-state index contributed by atoms with van der Waals surface area (Å²) < 4.78 is 5.62. The van der Waals surface area contributed by atoms with E-state index in [1.165, 1.54) is 6.08 Å². The highest BCUT2D eigenvalue weighted by molar-refractivity contribution is 5.85. The first-order chi connectivity index (χ1) is 9.24. The molecule has 1 heterocycles. The molecule has 0 saturated carbocycles. The van der Waals surface area contributed by atoms with E-state index in [4.69, 9.17) is 9.84 Å². The van der Waals surface area contributed by atoms with E-state index in [-0.39, 0.29) is 0 Å². The normalized spacial score (nSPS) is 10.5. The van der Waals surface area contributed by atoms with Crippen LogP contribution in [-0.4, -0.2) is 16.1 Å². The van der Waals surface area contributed by atoms with Crippen molar-refractivity contribution in [2.24, 2.45) is 0 Å².